The van der Waals surface area contributed by atoms with Crippen molar-refractivity contribution in [2.75, 3.05) is 36.8 Å². The van der Waals surface area contributed by atoms with Crippen LogP contribution in [0.25, 0.3) is 0 Å². The Hall–Kier alpha value is -1.85. The summed E-state index contributed by atoms with van der Waals surface area (Å²) in [7, 11) is 0. The van der Waals surface area contributed by atoms with Gasteiger partial charge in [0, 0.05) is 44.9 Å². The number of nitrogen functional groups attached to an aromatic ring is 1. The molecule has 1 aromatic heterocycles. The second kappa shape index (κ2) is 5.20. The van der Waals surface area contributed by atoms with Gasteiger partial charge in [-0.1, -0.05) is 0 Å². The number of nitrogens with zero attached hydrogens (tertiary/aromatic N) is 4. The number of hydrogen-bond acceptors (Lipinski definition) is 5. The second-order valence-electron chi connectivity index (χ2n) is 4.57. The Morgan fingerprint density at radius 1 is 1.28 bits per heavy atom. The van der Waals surface area contributed by atoms with Crippen LogP contribution >= 0.6 is 0 Å². The normalized spacial score (nSPS) is 16.6. The van der Waals surface area contributed by atoms with E-state index >= 15 is 0 Å². The maximum absolute atomic E-state index is 11.4. The van der Waals surface area contributed by atoms with Gasteiger partial charge >= 0.3 is 0 Å². The number of nitrogens with two attached hydrogens (primary N) is 1. The summed E-state index contributed by atoms with van der Waals surface area (Å²) in [6, 6.07) is 1.93. The molecule has 98 valence electrons. The predicted molar refractivity (Wildman–Crippen MR) is 70.3 cm³/mol. The Morgan fingerprint density at radius 3 is 2.72 bits per heavy atom. The third-order valence-electron chi connectivity index (χ3n) is 3.12. The van der Waals surface area contributed by atoms with E-state index in [2.05, 4.69) is 14.9 Å². The summed E-state index contributed by atoms with van der Waals surface area (Å²) in [6.07, 6.45) is 0.947. The molecule has 2 heterocycles. The lowest BCUT2D eigenvalue weighted by molar-refractivity contribution is -0.128. The zero-order valence-electron chi connectivity index (χ0n) is 10.9. The summed E-state index contributed by atoms with van der Waals surface area (Å²) < 4.78 is 0. The number of carbonyl (C=O) groups is 1. The number of anilines is 2. The Balaban J connectivity index is 2.12. The van der Waals surface area contributed by atoms with Crippen LogP contribution in [0, 0.1) is 6.92 Å². The minimum absolute atomic E-state index is 0.134. The molecule has 1 aliphatic heterocycles. The molecule has 6 nitrogen and oxygen atoms in total. The molecular weight excluding hydrogens is 230 g/mol. The topological polar surface area (TPSA) is 75.4 Å². The van der Waals surface area contributed by atoms with Gasteiger partial charge in [-0.25, -0.2) is 4.98 Å². The van der Waals surface area contributed by atoms with Crippen molar-refractivity contribution in [1.82, 2.24) is 14.9 Å². The van der Waals surface area contributed by atoms with E-state index in [1.54, 1.807) is 6.92 Å². The monoisotopic (exact) mass is 249 g/mol. The quantitative estimate of drug-likeness (QED) is 0.781. The lowest BCUT2D eigenvalue weighted by Crippen LogP contribution is -2.34. The van der Waals surface area contributed by atoms with E-state index in [0.29, 0.717) is 5.95 Å². The SMILES string of the molecule is CC(=O)N1CCCN(c2cc(C)nc(N)n2)CC1. The van der Waals surface area contributed by atoms with Crippen LogP contribution in [-0.4, -0.2) is 47.0 Å². The van der Waals surface area contributed by atoms with Gasteiger partial charge in [0.1, 0.15) is 5.82 Å². The fourth-order valence-corrected chi connectivity index (χ4v) is 2.20. The van der Waals surface area contributed by atoms with Gasteiger partial charge in [0.2, 0.25) is 11.9 Å². The summed E-state index contributed by atoms with van der Waals surface area (Å²) in [5, 5.41) is 0. The lowest BCUT2D eigenvalue weighted by Gasteiger charge is -2.22. The van der Waals surface area contributed by atoms with Crippen molar-refractivity contribution in [2.45, 2.75) is 20.3 Å². The molecule has 1 aliphatic rings. The average Bonchev–Trinajstić information content (AvgIpc) is 2.52. The summed E-state index contributed by atoms with van der Waals surface area (Å²) in [5.41, 5.74) is 6.53. The summed E-state index contributed by atoms with van der Waals surface area (Å²) in [5.74, 6) is 1.29. The van der Waals surface area contributed by atoms with Crippen molar-refractivity contribution >= 4 is 17.7 Å². The Morgan fingerprint density at radius 2 is 2.06 bits per heavy atom. The highest BCUT2D eigenvalue weighted by atomic mass is 16.2. The fraction of sp³-hybridized carbons (Fsp3) is 0.583. The molecule has 0 spiro atoms. The molecule has 1 amide bonds. The zero-order chi connectivity index (χ0) is 13.1. The molecule has 0 unspecified atom stereocenters. The van der Waals surface area contributed by atoms with Crippen LogP contribution in [-0.2, 0) is 4.79 Å². The van der Waals surface area contributed by atoms with Gasteiger partial charge in [0.15, 0.2) is 0 Å². The lowest BCUT2D eigenvalue weighted by atomic mass is 10.3. The minimum Gasteiger partial charge on any atom is -0.368 e. The third kappa shape index (κ3) is 2.88. The van der Waals surface area contributed by atoms with Gasteiger partial charge in [0.05, 0.1) is 0 Å². The smallest absolute Gasteiger partial charge is 0.222 e. The summed E-state index contributed by atoms with van der Waals surface area (Å²) >= 11 is 0. The highest BCUT2D eigenvalue weighted by molar-refractivity contribution is 5.73. The fourth-order valence-electron chi connectivity index (χ4n) is 2.20. The number of aromatic nitrogens is 2. The molecule has 2 rings (SSSR count). The molecule has 0 aromatic carbocycles. The first kappa shape index (κ1) is 12.6. The van der Waals surface area contributed by atoms with Crippen molar-refractivity contribution in [3.05, 3.63) is 11.8 Å². The molecule has 1 fully saturated rings. The molecule has 0 saturated carbocycles. The van der Waals surface area contributed by atoms with Crippen molar-refractivity contribution in [3.63, 3.8) is 0 Å². The van der Waals surface area contributed by atoms with Gasteiger partial charge in [-0.2, -0.15) is 4.98 Å². The van der Waals surface area contributed by atoms with E-state index in [1.165, 1.54) is 0 Å². The van der Waals surface area contributed by atoms with Crippen molar-refractivity contribution in [2.24, 2.45) is 0 Å². The summed E-state index contributed by atoms with van der Waals surface area (Å²) in [4.78, 5) is 23.7. The van der Waals surface area contributed by atoms with Crippen LogP contribution in [0.1, 0.15) is 19.0 Å². The molecule has 0 bridgehead atoms. The first-order valence-electron chi connectivity index (χ1n) is 6.18. The number of amides is 1. The number of hydrogen-bond donors (Lipinski definition) is 1. The van der Waals surface area contributed by atoms with E-state index in [1.807, 2.05) is 17.9 Å². The standard InChI is InChI=1S/C12H19N5O/c1-9-8-11(15-12(13)14-9)17-5-3-4-16(6-7-17)10(2)18/h8H,3-7H2,1-2H3,(H2,13,14,15). The molecule has 0 radical (unpaired) electrons. The molecule has 18 heavy (non-hydrogen) atoms. The van der Waals surface area contributed by atoms with Gasteiger partial charge in [-0.3, -0.25) is 4.79 Å². The Kier molecular flexibility index (Phi) is 3.64. The zero-order valence-corrected chi connectivity index (χ0v) is 10.9. The van der Waals surface area contributed by atoms with Gasteiger partial charge in [0.25, 0.3) is 0 Å². The largest absolute Gasteiger partial charge is 0.368 e. The molecule has 1 saturated heterocycles. The van der Waals surface area contributed by atoms with E-state index in [0.717, 1.165) is 44.1 Å². The molecule has 6 heteroatoms. The van der Waals surface area contributed by atoms with Gasteiger partial charge < -0.3 is 15.5 Å². The van der Waals surface area contributed by atoms with Crippen LogP contribution in [0.2, 0.25) is 0 Å². The number of rotatable bonds is 1. The van der Waals surface area contributed by atoms with E-state index in [4.69, 9.17) is 5.73 Å². The second-order valence-corrected chi connectivity index (χ2v) is 4.57. The molecular formula is C12H19N5O. The van der Waals surface area contributed by atoms with Crippen LogP contribution in [0.4, 0.5) is 11.8 Å². The van der Waals surface area contributed by atoms with Gasteiger partial charge in [-0.05, 0) is 13.3 Å². The van der Waals surface area contributed by atoms with Crippen LogP contribution in [0.5, 0.6) is 0 Å². The first-order valence-corrected chi connectivity index (χ1v) is 6.18. The van der Waals surface area contributed by atoms with Crippen molar-refractivity contribution in [3.8, 4) is 0 Å². The Labute approximate surface area is 107 Å². The number of carbonyl (C=O) groups excluding carboxylic acids is 1. The van der Waals surface area contributed by atoms with Crippen molar-refractivity contribution in [1.29, 1.82) is 0 Å². The Bertz CT molecular complexity index is 428. The maximum Gasteiger partial charge on any atom is 0.222 e. The molecule has 0 aliphatic carbocycles. The maximum atomic E-state index is 11.4. The third-order valence-corrected chi connectivity index (χ3v) is 3.12. The highest BCUT2D eigenvalue weighted by Crippen LogP contribution is 2.15. The molecule has 1 aromatic rings. The summed E-state index contributed by atoms with van der Waals surface area (Å²) in [6.45, 7) is 6.74. The van der Waals surface area contributed by atoms with E-state index < -0.39 is 0 Å². The van der Waals surface area contributed by atoms with Crippen LogP contribution < -0.4 is 10.6 Å². The predicted octanol–water partition coefficient (Wildman–Crippen LogP) is 0.426. The van der Waals surface area contributed by atoms with E-state index in [9.17, 15) is 4.79 Å². The van der Waals surface area contributed by atoms with Crippen molar-refractivity contribution < 1.29 is 4.79 Å². The van der Waals surface area contributed by atoms with Gasteiger partial charge in [-0.15, -0.1) is 0 Å². The highest BCUT2D eigenvalue weighted by Gasteiger charge is 2.17. The molecule has 2 N–H and O–H groups in total. The van der Waals surface area contributed by atoms with E-state index in [-0.39, 0.29) is 5.91 Å². The molecule has 0 atom stereocenters. The van der Waals surface area contributed by atoms with Crippen LogP contribution in [0.15, 0.2) is 6.07 Å². The first-order chi connectivity index (χ1) is 8.56. The minimum atomic E-state index is 0.134. The van der Waals surface area contributed by atoms with Crippen LogP contribution in [0.3, 0.4) is 0 Å². The average molecular weight is 249 g/mol. The number of aryl methyl sites for hydroxylation is 1.